The van der Waals surface area contributed by atoms with E-state index in [-0.39, 0.29) is 18.2 Å². The summed E-state index contributed by atoms with van der Waals surface area (Å²) in [6.45, 7) is 1.25. The summed E-state index contributed by atoms with van der Waals surface area (Å²) in [7, 11) is 0. The van der Waals surface area contributed by atoms with E-state index in [2.05, 4.69) is 14.7 Å². The van der Waals surface area contributed by atoms with Gasteiger partial charge in [0.05, 0.1) is 0 Å². The number of halogens is 3. The summed E-state index contributed by atoms with van der Waals surface area (Å²) in [5.41, 5.74) is 2.26. The first kappa shape index (κ1) is 24.6. The molecule has 2 aromatic heterocycles. The Morgan fingerprint density at radius 2 is 1.78 bits per heavy atom. The molecule has 0 bridgehead atoms. The number of oxazole rings is 1. The Bertz CT molecular complexity index is 1340. The van der Waals surface area contributed by atoms with Crippen molar-refractivity contribution in [1.82, 2.24) is 9.97 Å². The van der Waals surface area contributed by atoms with E-state index in [1.807, 2.05) is 0 Å². The van der Waals surface area contributed by atoms with E-state index in [0.29, 0.717) is 39.6 Å². The fourth-order valence-electron chi connectivity index (χ4n) is 3.29. The maximum absolute atomic E-state index is 12.5. The molecule has 0 aliphatic heterocycles. The molecule has 0 fully saturated rings. The van der Waals surface area contributed by atoms with Crippen molar-refractivity contribution in [1.29, 1.82) is 0 Å². The van der Waals surface area contributed by atoms with Gasteiger partial charge in [-0.1, -0.05) is 0 Å². The van der Waals surface area contributed by atoms with Crippen molar-refractivity contribution in [2.75, 3.05) is 6.61 Å². The lowest BCUT2D eigenvalue weighted by Gasteiger charge is -2.09. The number of aliphatic carboxylic acids is 1. The zero-order chi connectivity index (χ0) is 25.7. The number of nitrogens with zero attached hydrogens (tertiary/aromatic N) is 2. The molecule has 1 N–H and O–H groups in total. The van der Waals surface area contributed by atoms with Gasteiger partial charge in [0.25, 0.3) is 0 Å². The van der Waals surface area contributed by atoms with Gasteiger partial charge in [-0.05, 0) is 67.1 Å². The molecule has 186 valence electrons. The molecule has 0 atom stereocenters. The molecule has 0 unspecified atom stereocenters. The highest BCUT2D eigenvalue weighted by molar-refractivity contribution is 5.76. The van der Waals surface area contributed by atoms with Gasteiger partial charge >= 0.3 is 12.3 Å². The quantitative estimate of drug-likeness (QED) is 0.314. The number of aryl methyl sites for hydroxylation is 1. The van der Waals surface area contributed by atoms with Crippen molar-refractivity contribution in [3.8, 4) is 39.8 Å². The van der Waals surface area contributed by atoms with Crippen molar-refractivity contribution in [2.24, 2.45) is 0 Å². The molecule has 4 rings (SSSR count). The maximum Gasteiger partial charge on any atom is 0.573 e. The van der Waals surface area contributed by atoms with Gasteiger partial charge in [-0.2, -0.15) is 0 Å². The summed E-state index contributed by atoms with van der Waals surface area (Å²) in [5, 5.41) is 8.76. The molecule has 8 nitrogen and oxygen atoms in total. The number of carboxylic acids is 1. The van der Waals surface area contributed by atoms with E-state index in [1.54, 1.807) is 49.6 Å². The number of carbonyl (C=O) groups is 1. The van der Waals surface area contributed by atoms with Crippen LogP contribution in [0.4, 0.5) is 13.2 Å². The first-order valence-corrected chi connectivity index (χ1v) is 10.5. The molecule has 11 heteroatoms. The van der Waals surface area contributed by atoms with Crippen LogP contribution in [-0.2, 0) is 11.4 Å². The Kier molecular flexibility index (Phi) is 7.09. The van der Waals surface area contributed by atoms with Crippen LogP contribution in [0.15, 0.2) is 71.4 Å². The van der Waals surface area contributed by atoms with Crippen molar-refractivity contribution < 1.29 is 41.7 Å². The first-order chi connectivity index (χ1) is 17.2. The third kappa shape index (κ3) is 6.32. The van der Waals surface area contributed by atoms with Crippen LogP contribution in [0.1, 0.15) is 11.5 Å². The zero-order valence-electron chi connectivity index (χ0n) is 18.8. The van der Waals surface area contributed by atoms with Crippen molar-refractivity contribution in [3.63, 3.8) is 0 Å². The van der Waals surface area contributed by atoms with Crippen LogP contribution in [0.3, 0.4) is 0 Å². The highest BCUT2D eigenvalue weighted by Crippen LogP contribution is 2.34. The lowest BCUT2D eigenvalue weighted by atomic mass is 10.1. The lowest BCUT2D eigenvalue weighted by Crippen LogP contribution is -2.16. The fraction of sp³-hybridized carbons (Fsp3) is 0.160. The molecule has 0 radical (unpaired) electrons. The van der Waals surface area contributed by atoms with Gasteiger partial charge in [0.1, 0.15) is 22.9 Å². The summed E-state index contributed by atoms with van der Waals surface area (Å²) >= 11 is 0. The Morgan fingerprint density at radius 1 is 1.03 bits per heavy atom. The predicted molar refractivity (Wildman–Crippen MR) is 120 cm³/mol. The molecule has 0 saturated carbocycles. The monoisotopic (exact) mass is 500 g/mol. The fourth-order valence-corrected chi connectivity index (χ4v) is 3.29. The third-order valence-electron chi connectivity index (χ3n) is 4.82. The van der Waals surface area contributed by atoms with Gasteiger partial charge in [-0.3, -0.25) is 4.98 Å². The molecule has 2 heterocycles. The summed E-state index contributed by atoms with van der Waals surface area (Å²) < 4.78 is 58.3. The normalized spacial score (nSPS) is 11.2. The van der Waals surface area contributed by atoms with Crippen LogP contribution in [0.2, 0.25) is 0 Å². The van der Waals surface area contributed by atoms with E-state index < -0.39 is 18.9 Å². The van der Waals surface area contributed by atoms with E-state index in [4.69, 9.17) is 19.0 Å². The van der Waals surface area contributed by atoms with Gasteiger partial charge in [0.2, 0.25) is 5.89 Å². The summed E-state index contributed by atoms with van der Waals surface area (Å²) in [6.07, 6.45) is -1.60. The smallest absolute Gasteiger partial charge is 0.484 e. The maximum atomic E-state index is 12.5. The number of aromatic nitrogens is 2. The van der Waals surface area contributed by atoms with Crippen LogP contribution in [0, 0.1) is 6.92 Å². The van der Waals surface area contributed by atoms with Gasteiger partial charge in [-0.15, -0.1) is 13.2 Å². The van der Waals surface area contributed by atoms with E-state index >= 15 is 0 Å². The zero-order valence-corrected chi connectivity index (χ0v) is 18.8. The average molecular weight is 500 g/mol. The van der Waals surface area contributed by atoms with Crippen molar-refractivity contribution in [2.45, 2.75) is 19.9 Å². The number of pyridine rings is 1. The summed E-state index contributed by atoms with van der Waals surface area (Å²) in [4.78, 5) is 19.3. The van der Waals surface area contributed by atoms with Gasteiger partial charge in [0.15, 0.2) is 19.0 Å². The van der Waals surface area contributed by atoms with E-state index in [1.165, 1.54) is 24.3 Å². The molecular formula is C25H19F3N2O6. The number of benzene rings is 2. The highest BCUT2D eigenvalue weighted by Gasteiger charge is 2.31. The molecule has 0 spiro atoms. The third-order valence-corrected chi connectivity index (χ3v) is 4.82. The van der Waals surface area contributed by atoms with E-state index in [9.17, 15) is 18.0 Å². The molecule has 0 saturated heterocycles. The minimum Gasteiger partial charge on any atom is -0.484 e. The summed E-state index contributed by atoms with van der Waals surface area (Å²) in [5.74, 6) is 0.00771. The van der Waals surface area contributed by atoms with Crippen molar-refractivity contribution in [3.05, 3.63) is 78.4 Å². The second-order valence-corrected chi connectivity index (χ2v) is 7.50. The molecule has 36 heavy (non-hydrogen) atoms. The Labute approximate surface area is 202 Å². The molecule has 2 aromatic carbocycles. The van der Waals surface area contributed by atoms with Gasteiger partial charge < -0.3 is 23.7 Å². The van der Waals surface area contributed by atoms with Crippen LogP contribution < -0.4 is 14.2 Å². The lowest BCUT2D eigenvalue weighted by molar-refractivity contribution is -0.274. The van der Waals surface area contributed by atoms with Gasteiger partial charge in [0, 0.05) is 23.5 Å². The first-order valence-electron chi connectivity index (χ1n) is 10.5. The SMILES string of the molecule is Cc1cc(OCc2nc(-c3cccnc3)c(-c3ccc(OC(F)(F)F)cc3)o2)ccc1OCC(=O)O. The van der Waals surface area contributed by atoms with Gasteiger partial charge in [-0.25, -0.2) is 9.78 Å². The Morgan fingerprint density at radius 3 is 2.42 bits per heavy atom. The second kappa shape index (κ2) is 10.4. The predicted octanol–water partition coefficient (Wildman–Crippen LogP) is 5.65. The Balaban J connectivity index is 1.56. The minimum absolute atomic E-state index is 0.0443. The topological polar surface area (TPSA) is 104 Å². The minimum atomic E-state index is -4.79. The number of ether oxygens (including phenoxy) is 3. The second-order valence-electron chi connectivity index (χ2n) is 7.50. The molecular weight excluding hydrogens is 481 g/mol. The average Bonchev–Trinajstić information content (AvgIpc) is 3.26. The molecule has 0 aliphatic rings. The molecule has 0 amide bonds. The number of hydrogen-bond acceptors (Lipinski definition) is 7. The Hall–Kier alpha value is -4.54. The van der Waals surface area contributed by atoms with Crippen LogP contribution in [0.5, 0.6) is 17.2 Å². The molecule has 0 aliphatic carbocycles. The van der Waals surface area contributed by atoms with Crippen molar-refractivity contribution >= 4 is 5.97 Å². The number of hydrogen-bond donors (Lipinski definition) is 1. The largest absolute Gasteiger partial charge is 0.573 e. The number of carboxylic acid groups (broad SMARTS) is 1. The molecule has 4 aromatic rings. The highest BCUT2D eigenvalue weighted by atomic mass is 19.4. The number of alkyl halides is 3. The van der Waals surface area contributed by atoms with Crippen LogP contribution in [0.25, 0.3) is 22.6 Å². The number of rotatable bonds is 9. The standard InChI is InChI=1S/C25H19F3N2O6/c1-15-11-19(8-9-20(15)34-14-22(31)32)33-13-21-30-23(17-3-2-10-29-12-17)24(35-21)16-4-6-18(7-5-16)36-25(26,27)28/h2-12H,13-14H2,1H3,(H,31,32). The van der Waals surface area contributed by atoms with Crippen LogP contribution >= 0.6 is 0 Å². The van der Waals surface area contributed by atoms with E-state index in [0.717, 1.165) is 0 Å². The van der Waals surface area contributed by atoms with Crippen LogP contribution in [-0.4, -0.2) is 34.0 Å². The summed E-state index contributed by atoms with van der Waals surface area (Å²) in [6, 6.07) is 13.6.